The SMILES string of the molecule is Cc1ccc(C(=O)O)cc1-n1c(C)cc(C2C(c3ccccn3)NC(=S)N2CCCN2CCOCC2)c1C. The lowest BCUT2D eigenvalue weighted by molar-refractivity contribution is 0.0365. The summed E-state index contributed by atoms with van der Waals surface area (Å²) in [6.45, 7) is 11.6. The maximum Gasteiger partial charge on any atom is 0.335 e. The molecule has 0 aliphatic carbocycles. The number of hydrogen-bond donors (Lipinski definition) is 2. The van der Waals surface area contributed by atoms with Gasteiger partial charge in [0, 0.05) is 49.5 Å². The lowest BCUT2D eigenvalue weighted by atomic mass is 9.96. The summed E-state index contributed by atoms with van der Waals surface area (Å²) in [7, 11) is 0. The van der Waals surface area contributed by atoms with Crippen LogP contribution >= 0.6 is 12.2 Å². The second kappa shape index (κ2) is 11.2. The van der Waals surface area contributed by atoms with Crippen LogP contribution in [0.1, 0.15) is 57.1 Å². The fourth-order valence-corrected chi connectivity index (χ4v) is 6.05. The number of carbonyl (C=O) groups is 1. The zero-order valence-corrected chi connectivity index (χ0v) is 23.0. The first-order valence-corrected chi connectivity index (χ1v) is 13.6. The molecule has 0 saturated carbocycles. The van der Waals surface area contributed by atoms with Crippen LogP contribution in [0.2, 0.25) is 0 Å². The Morgan fingerprint density at radius 2 is 1.92 bits per heavy atom. The van der Waals surface area contributed by atoms with E-state index in [4.69, 9.17) is 17.0 Å². The molecule has 2 atom stereocenters. The zero-order valence-electron chi connectivity index (χ0n) is 22.2. The smallest absolute Gasteiger partial charge is 0.335 e. The van der Waals surface area contributed by atoms with Gasteiger partial charge in [-0.2, -0.15) is 0 Å². The van der Waals surface area contributed by atoms with Gasteiger partial charge in [0.25, 0.3) is 0 Å². The second-order valence-corrected chi connectivity index (χ2v) is 10.5. The van der Waals surface area contributed by atoms with Crippen LogP contribution in [0.5, 0.6) is 0 Å². The Balaban J connectivity index is 1.51. The quantitative estimate of drug-likeness (QED) is 0.417. The van der Waals surface area contributed by atoms with Crippen molar-refractivity contribution in [2.24, 2.45) is 0 Å². The Morgan fingerprint density at radius 3 is 2.63 bits per heavy atom. The summed E-state index contributed by atoms with van der Waals surface area (Å²) in [4.78, 5) is 21.2. The highest BCUT2D eigenvalue weighted by Crippen LogP contribution is 2.41. The predicted molar refractivity (Wildman–Crippen MR) is 151 cm³/mol. The number of rotatable bonds is 8. The van der Waals surface area contributed by atoms with Crippen LogP contribution in [0, 0.1) is 20.8 Å². The number of carboxylic acids is 1. The van der Waals surface area contributed by atoms with Gasteiger partial charge < -0.3 is 24.6 Å². The highest BCUT2D eigenvalue weighted by atomic mass is 32.1. The number of hydrogen-bond acceptors (Lipinski definition) is 5. The molecule has 3 aromatic rings. The molecular formula is C29H35N5O3S. The Kier molecular flexibility index (Phi) is 7.78. The number of pyridine rings is 1. The average molecular weight is 534 g/mol. The molecule has 0 spiro atoms. The summed E-state index contributed by atoms with van der Waals surface area (Å²) in [6, 6.07) is 13.4. The molecule has 0 amide bonds. The van der Waals surface area contributed by atoms with E-state index in [-0.39, 0.29) is 17.6 Å². The first-order valence-electron chi connectivity index (χ1n) is 13.2. The van der Waals surface area contributed by atoms with Gasteiger partial charge >= 0.3 is 5.97 Å². The molecule has 4 heterocycles. The number of thiocarbonyl (C=S) groups is 1. The molecule has 0 radical (unpaired) electrons. The molecule has 38 heavy (non-hydrogen) atoms. The van der Waals surface area contributed by atoms with Crippen molar-refractivity contribution in [1.29, 1.82) is 0 Å². The molecule has 2 fully saturated rings. The molecule has 2 N–H and O–H groups in total. The summed E-state index contributed by atoms with van der Waals surface area (Å²) in [5.41, 5.74) is 6.42. The van der Waals surface area contributed by atoms with Gasteiger partial charge in [-0.15, -0.1) is 0 Å². The van der Waals surface area contributed by atoms with Gasteiger partial charge in [-0.3, -0.25) is 9.88 Å². The lowest BCUT2D eigenvalue weighted by Crippen LogP contribution is -2.39. The number of benzene rings is 1. The van der Waals surface area contributed by atoms with E-state index in [1.807, 2.05) is 37.4 Å². The maximum atomic E-state index is 11.7. The number of carboxylic acid groups (broad SMARTS) is 1. The van der Waals surface area contributed by atoms with Gasteiger partial charge in [0.2, 0.25) is 0 Å². The summed E-state index contributed by atoms with van der Waals surface area (Å²) >= 11 is 5.89. The van der Waals surface area contributed by atoms with Crippen molar-refractivity contribution in [3.63, 3.8) is 0 Å². The van der Waals surface area contributed by atoms with E-state index in [1.54, 1.807) is 12.1 Å². The number of aryl methyl sites for hydroxylation is 2. The van der Waals surface area contributed by atoms with Crippen molar-refractivity contribution in [3.05, 3.63) is 82.4 Å². The third-order valence-electron chi connectivity index (χ3n) is 7.66. The highest BCUT2D eigenvalue weighted by molar-refractivity contribution is 7.80. The van der Waals surface area contributed by atoms with E-state index >= 15 is 0 Å². The maximum absolute atomic E-state index is 11.7. The van der Waals surface area contributed by atoms with Gasteiger partial charge in [-0.05, 0) is 80.9 Å². The van der Waals surface area contributed by atoms with Gasteiger partial charge in [0.1, 0.15) is 0 Å². The Hall–Kier alpha value is -3.27. The monoisotopic (exact) mass is 533 g/mol. The summed E-state index contributed by atoms with van der Waals surface area (Å²) in [5, 5.41) is 13.9. The number of nitrogens with one attached hydrogen (secondary N) is 1. The molecule has 2 saturated heterocycles. The van der Waals surface area contributed by atoms with Crippen molar-refractivity contribution < 1.29 is 14.6 Å². The fourth-order valence-electron chi connectivity index (χ4n) is 5.72. The predicted octanol–water partition coefficient (Wildman–Crippen LogP) is 4.19. The number of aromatic carboxylic acids is 1. The van der Waals surface area contributed by atoms with Gasteiger partial charge in [-0.25, -0.2) is 4.79 Å². The molecule has 2 aliphatic heterocycles. The van der Waals surface area contributed by atoms with Gasteiger partial charge in [0.05, 0.1) is 36.6 Å². The van der Waals surface area contributed by atoms with E-state index in [2.05, 4.69) is 44.6 Å². The molecule has 1 aromatic carbocycles. The van der Waals surface area contributed by atoms with Crippen LogP contribution in [0.3, 0.4) is 0 Å². The van der Waals surface area contributed by atoms with Crippen molar-refractivity contribution in [1.82, 2.24) is 24.7 Å². The van der Waals surface area contributed by atoms with E-state index < -0.39 is 5.97 Å². The topological polar surface area (TPSA) is 82.9 Å². The van der Waals surface area contributed by atoms with Gasteiger partial charge in [0.15, 0.2) is 5.11 Å². The second-order valence-electron chi connectivity index (χ2n) is 10.1. The summed E-state index contributed by atoms with van der Waals surface area (Å²) in [5.74, 6) is -0.930. The minimum Gasteiger partial charge on any atom is -0.478 e. The van der Waals surface area contributed by atoms with Crippen LogP contribution in [-0.2, 0) is 4.74 Å². The first-order chi connectivity index (χ1) is 18.3. The molecule has 8 nitrogen and oxygen atoms in total. The van der Waals surface area contributed by atoms with Crippen LogP contribution in [-0.4, -0.2) is 74.9 Å². The lowest BCUT2D eigenvalue weighted by Gasteiger charge is -2.30. The van der Waals surface area contributed by atoms with E-state index in [1.165, 1.54) is 0 Å². The Morgan fingerprint density at radius 1 is 1.13 bits per heavy atom. The molecular weight excluding hydrogens is 498 g/mol. The fraction of sp³-hybridized carbons (Fsp3) is 0.414. The van der Waals surface area contributed by atoms with Crippen molar-refractivity contribution in [3.8, 4) is 5.69 Å². The zero-order chi connectivity index (χ0) is 26.8. The third kappa shape index (κ3) is 5.18. The number of ether oxygens (including phenoxy) is 1. The van der Waals surface area contributed by atoms with Crippen LogP contribution in [0.15, 0.2) is 48.7 Å². The molecule has 5 rings (SSSR count). The Labute approximate surface area is 229 Å². The first kappa shape index (κ1) is 26.3. The van der Waals surface area contributed by atoms with E-state index in [0.717, 1.165) is 84.8 Å². The van der Waals surface area contributed by atoms with Crippen molar-refractivity contribution in [2.45, 2.75) is 39.3 Å². The van der Waals surface area contributed by atoms with Crippen LogP contribution in [0.25, 0.3) is 5.69 Å². The van der Waals surface area contributed by atoms with E-state index in [0.29, 0.717) is 0 Å². The summed E-state index contributed by atoms with van der Waals surface area (Å²) < 4.78 is 7.67. The summed E-state index contributed by atoms with van der Waals surface area (Å²) in [6.07, 6.45) is 2.81. The number of morpholine rings is 1. The van der Waals surface area contributed by atoms with Crippen molar-refractivity contribution in [2.75, 3.05) is 39.4 Å². The van der Waals surface area contributed by atoms with Crippen LogP contribution in [0.4, 0.5) is 0 Å². The molecule has 2 aromatic heterocycles. The molecule has 0 bridgehead atoms. The van der Waals surface area contributed by atoms with Crippen LogP contribution < -0.4 is 5.32 Å². The minimum atomic E-state index is -0.930. The molecule has 9 heteroatoms. The van der Waals surface area contributed by atoms with Crippen molar-refractivity contribution >= 4 is 23.3 Å². The molecule has 200 valence electrons. The number of aromatic nitrogens is 2. The largest absolute Gasteiger partial charge is 0.478 e. The van der Waals surface area contributed by atoms with Gasteiger partial charge in [-0.1, -0.05) is 12.1 Å². The third-order valence-corrected chi connectivity index (χ3v) is 8.01. The molecule has 2 aliphatic rings. The highest BCUT2D eigenvalue weighted by Gasteiger charge is 2.41. The normalized spacial score (nSPS) is 20.1. The van der Waals surface area contributed by atoms with E-state index in [9.17, 15) is 9.90 Å². The standard InChI is InChI=1S/C29H35N5O3S/c1-19-8-9-22(28(35)36)18-25(19)34-20(2)17-23(21(34)3)27-26(24-7-4-5-10-30-24)31-29(38)33(27)12-6-11-32-13-15-37-16-14-32/h4-5,7-10,17-18,26-27H,6,11-16H2,1-3H3,(H,31,38)(H,35,36). The Bertz CT molecular complexity index is 1320. The molecule has 2 unspecified atom stereocenters. The average Bonchev–Trinajstić information content (AvgIpc) is 3.40. The number of nitrogens with zero attached hydrogens (tertiary/aromatic N) is 4. The minimum absolute atomic E-state index is 0.0370.